The molecule has 1 aromatic carbocycles. The van der Waals surface area contributed by atoms with Crippen molar-refractivity contribution in [2.75, 3.05) is 27.2 Å². The Morgan fingerprint density at radius 2 is 2.15 bits per heavy atom. The average molecular weight is 506 g/mol. The lowest BCUT2D eigenvalue weighted by Crippen LogP contribution is -2.38. The van der Waals surface area contributed by atoms with Crippen LogP contribution in [-0.2, 0) is 17.7 Å². The second kappa shape index (κ2) is 12.2. The van der Waals surface area contributed by atoms with Crippen molar-refractivity contribution in [3.8, 4) is 0 Å². The molecule has 0 saturated heterocycles. The summed E-state index contributed by atoms with van der Waals surface area (Å²) in [6, 6.07) is 6.83. The Kier molecular flexibility index (Phi) is 10.8. The third-order valence-corrected chi connectivity index (χ3v) is 5.02. The first-order chi connectivity index (χ1) is 12.5. The third-order valence-electron chi connectivity index (χ3n) is 3.97. The number of rotatable bonds is 8. The predicted octanol–water partition coefficient (Wildman–Crippen LogP) is 4.25. The molecule has 27 heavy (non-hydrogen) atoms. The highest BCUT2D eigenvalue weighted by atomic mass is 127. The molecule has 0 spiro atoms. The minimum Gasteiger partial charge on any atom is -0.375 e. The molecule has 0 amide bonds. The van der Waals surface area contributed by atoms with Gasteiger partial charge >= 0.3 is 0 Å². The van der Waals surface area contributed by atoms with Gasteiger partial charge in [0.1, 0.15) is 16.9 Å². The number of nitrogens with one attached hydrogen (secondary N) is 1. The summed E-state index contributed by atoms with van der Waals surface area (Å²) in [6.45, 7) is 5.96. The Labute approximate surface area is 182 Å². The fraction of sp³-hybridized carbons (Fsp3) is 0.474. The lowest BCUT2D eigenvalue weighted by molar-refractivity contribution is 0.119. The average Bonchev–Trinajstić information content (AvgIpc) is 3.10. The molecule has 8 heteroatoms. The maximum atomic E-state index is 13.7. The van der Waals surface area contributed by atoms with Crippen LogP contribution in [-0.4, -0.2) is 43.1 Å². The van der Waals surface area contributed by atoms with Crippen LogP contribution in [0.2, 0.25) is 0 Å². The molecule has 2 aromatic rings. The monoisotopic (exact) mass is 506 g/mol. The van der Waals surface area contributed by atoms with Crippen molar-refractivity contribution in [3.05, 3.63) is 51.7 Å². The van der Waals surface area contributed by atoms with Crippen molar-refractivity contribution in [2.45, 2.75) is 32.9 Å². The van der Waals surface area contributed by atoms with Crippen LogP contribution in [0.3, 0.4) is 0 Å². The largest absolute Gasteiger partial charge is 0.375 e. The van der Waals surface area contributed by atoms with Gasteiger partial charge in [0.05, 0.1) is 12.2 Å². The van der Waals surface area contributed by atoms with Crippen molar-refractivity contribution < 1.29 is 9.13 Å². The lowest BCUT2D eigenvalue weighted by Gasteiger charge is -2.21. The van der Waals surface area contributed by atoms with Crippen LogP contribution in [0.4, 0.5) is 4.39 Å². The van der Waals surface area contributed by atoms with Crippen molar-refractivity contribution in [1.29, 1.82) is 0 Å². The first-order valence-electron chi connectivity index (χ1n) is 8.75. The number of nitrogens with zero attached hydrogens (tertiary/aromatic N) is 3. The summed E-state index contributed by atoms with van der Waals surface area (Å²) >= 11 is 1.60. The Morgan fingerprint density at radius 1 is 1.41 bits per heavy atom. The molecule has 0 aliphatic carbocycles. The highest BCUT2D eigenvalue weighted by Gasteiger charge is 2.12. The lowest BCUT2D eigenvalue weighted by atomic mass is 10.1. The van der Waals surface area contributed by atoms with E-state index in [2.05, 4.69) is 15.3 Å². The summed E-state index contributed by atoms with van der Waals surface area (Å²) in [5, 5.41) is 6.29. The molecule has 1 aromatic heterocycles. The third kappa shape index (κ3) is 7.34. The van der Waals surface area contributed by atoms with E-state index in [4.69, 9.17) is 4.74 Å². The van der Waals surface area contributed by atoms with Crippen LogP contribution < -0.4 is 5.32 Å². The molecule has 5 nitrogen and oxygen atoms in total. The quantitative estimate of drug-likeness (QED) is 0.331. The first-order valence-corrected chi connectivity index (χ1v) is 9.63. The number of thiazole rings is 1. The molecule has 1 heterocycles. The van der Waals surface area contributed by atoms with Gasteiger partial charge in [-0.15, -0.1) is 35.3 Å². The topological polar surface area (TPSA) is 49.8 Å². The fourth-order valence-corrected chi connectivity index (χ4v) is 3.30. The second-order valence-corrected chi connectivity index (χ2v) is 6.88. The summed E-state index contributed by atoms with van der Waals surface area (Å²) in [6.07, 6.45) is 0.573. The molecule has 0 bridgehead atoms. The molecular weight excluding hydrogens is 478 g/mol. The highest BCUT2D eigenvalue weighted by molar-refractivity contribution is 14.0. The van der Waals surface area contributed by atoms with Crippen LogP contribution >= 0.6 is 35.3 Å². The summed E-state index contributed by atoms with van der Waals surface area (Å²) in [5.74, 6) is 0.613. The van der Waals surface area contributed by atoms with E-state index >= 15 is 0 Å². The smallest absolute Gasteiger partial charge is 0.194 e. The van der Waals surface area contributed by atoms with E-state index in [9.17, 15) is 4.39 Å². The molecule has 150 valence electrons. The molecule has 1 atom stereocenters. The van der Waals surface area contributed by atoms with Crippen molar-refractivity contribution in [3.63, 3.8) is 0 Å². The molecule has 0 aliphatic heterocycles. The molecule has 0 aliphatic rings. The van der Waals surface area contributed by atoms with Gasteiger partial charge in [0.25, 0.3) is 0 Å². The minimum absolute atomic E-state index is 0. The molecule has 0 saturated carbocycles. The maximum Gasteiger partial charge on any atom is 0.194 e. The van der Waals surface area contributed by atoms with E-state index in [1.165, 1.54) is 6.07 Å². The van der Waals surface area contributed by atoms with Crippen LogP contribution in [0.5, 0.6) is 0 Å². The summed E-state index contributed by atoms with van der Waals surface area (Å²) in [4.78, 5) is 11.3. The number of benzene rings is 1. The number of guanidine groups is 1. The van der Waals surface area contributed by atoms with Crippen molar-refractivity contribution in [1.82, 2.24) is 15.2 Å². The number of methoxy groups -OCH3 is 1. The summed E-state index contributed by atoms with van der Waals surface area (Å²) in [5.41, 5.74) is 1.67. The van der Waals surface area contributed by atoms with E-state index in [1.54, 1.807) is 30.6 Å². The van der Waals surface area contributed by atoms with Crippen molar-refractivity contribution in [2.24, 2.45) is 4.99 Å². The molecule has 1 unspecified atom stereocenters. The first kappa shape index (κ1) is 23.8. The molecule has 1 N–H and O–H groups in total. The van der Waals surface area contributed by atoms with Crippen LogP contribution in [0.1, 0.15) is 36.2 Å². The minimum atomic E-state index is -0.177. The number of aromatic nitrogens is 1. The fourth-order valence-electron chi connectivity index (χ4n) is 2.45. The number of ether oxygens (including phenoxy) is 1. The van der Waals surface area contributed by atoms with E-state index in [0.29, 0.717) is 25.1 Å². The van der Waals surface area contributed by atoms with Gasteiger partial charge in [-0.25, -0.2) is 9.37 Å². The number of hydrogen-bond acceptors (Lipinski definition) is 4. The van der Waals surface area contributed by atoms with Gasteiger partial charge in [-0.1, -0.05) is 18.2 Å². The molecular formula is C19H28FIN4OS. The molecule has 0 radical (unpaired) electrons. The summed E-state index contributed by atoms with van der Waals surface area (Å²) < 4.78 is 19.0. The van der Waals surface area contributed by atoms with Gasteiger partial charge in [-0.05, 0) is 31.9 Å². The predicted molar refractivity (Wildman–Crippen MR) is 121 cm³/mol. The van der Waals surface area contributed by atoms with Crippen molar-refractivity contribution >= 4 is 41.3 Å². The molecule has 0 fully saturated rings. The van der Waals surface area contributed by atoms with Gasteiger partial charge in [0.2, 0.25) is 0 Å². The standard InChI is InChI=1S/C19H27FN4OS.HI/c1-5-21-19(22-11-10-15-8-6-7-9-17(15)20)24(3)12-16-13-26-18(23-16)14(2)25-4;/h6-9,13-14H,5,10-12H2,1-4H3,(H,21,22);1H. The highest BCUT2D eigenvalue weighted by Crippen LogP contribution is 2.20. The zero-order chi connectivity index (χ0) is 18.9. The Morgan fingerprint density at radius 3 is 2.81 bits per heavy atom. The zero-order valence-corrected chi connectivity index (χ0v) is 19.4. The van der Waals surface area contributed by atoms with Crippen LogP contribution in [0.15, 0.2) is 34.6 Å². The van der Waals surface area contributed by atoms with E-state index in [0.717, 1.165) is 23.2 Å². The van der Waals surface area contributed by atoms with Gasteiger partial charge in [-0.2, -0.15) is 0 Å². The second-order valence-electron chi connectivity index (χ2n) is 5.99. The van der Waals surface area contributed by atoms with Gasteiger partial charge < -0.3 is 15.0 Å². The van der Waals surface area contributed by atoms with Gasteiger partial charge in [0.15, 0.2) is 5.96 Å². The maximum absolute atomic E-state index is 13.7. The normalized spacial score (nSPS) is 12.4. The Bertz CT molecular complexity index is 725. The van der Waals surface area contributed by atoms with Gasteiger partial charge in [-0.3, -0.25) is 4.99 Å². The van der Waals surface area contributed by atoms with E-state index in [1.807, 2.05) is 37.2 Å². The summed E-state index contributed by atoms with van der Waals surface area (Å²) in [7, 11) is 3.66. The van der Waals surface area contributed by atoms with E-state index in [-0.39, 0.29) is 35.9 Å². The van der Waals surface area contributed by atoms with Crippen LogP contribution in [0, 0.1) is 5.82 Å². The van der Waals surface area contributed by atoms with Gasteiger partial charge in [0, 0.05) is 32.6 Å². The molecule has 2 rings (SSSR count). The Balaban J connectivity index is 0.00000364. The Hall–Kier alpha value is -1.26. The van der Waals surface area contributed by atoms with E-state index < -0.39 is 0 Å². The number of hydrogen-bond donors (Lipinski definition) is 1. The zero-order valence-electron chi connectivity index (χ0n) is 16.2. The number of halogens is 2. The van der Waals surface area contributed by atoms with Crippen LogP contribution in [0.25, 0.3) is 0 Å². The number of aliphatic imine (C=N–C) groups is 1. The SMILES string of the molecule is CCNC(=NCCc1ccccc1F)N(C)Cc1csc(C(C)OC)n1.I.